The predicted molar refractivity (Wildman–Crippen MR) is 72.5 cm³/mol. The Bertz CT molecular complexity index is 464. The van der Waals surface area contributed by atoms with Crippen LogP contribution in [0.5, 0.6) is 0 Å². The summed E-state index contributed by atoms with van der Waals surface area (Å²) >= 11 is 0. The van der Waals surface area contributed by atoms with E-state index in [1.54, 1.807) is 0 Å². The van der Waals surface area contributed by atoms with Gasteiger partial charge in [-0.25, -0.2) is 8.42 Å². The molecule has 0 spiro atoms. The normalized spacial score (nSPS) is 40.3. The van der Waals surface area contributed by atoms with Gasteiger partial charge in [-0.2, -0.15) is 0 Å². The van der Waals surface area contributed by atoms with Gasteiger partial charge in [0.1, 0.15) is 0 Å². The highest BCUT2D eigenvalue weighted by atomic mass is 32.2. The number of carbonyl (C=O) groups excluding carboxylic acids is 1. The highest BCUT2D eigenvalue weighted by Crippen LogP contribution is 2.30. The van der Waals surface area contributed by atoms with Gasteiger partial charge in [-0.15, -0.1) is 0 Å². The van der Waals surface area contributed by atoms with Gasteiger partial charge in [-0.3, -0.25) is 4.79 Å². The van der Waals surface area contributed by atoms with Gasteiger partial charge in [-0.1, -0.05) is 0 Å². The maximum atomic E-state index is 12.4. The van der Waals surface area contributed by atoms with Crippen LogP contribution in [0.25, 0.3) is 0 Å². The zero-order valence-corrected chi connectivity index (χ0v) is 12.2. The SMILES string of the molecule is CN(C(=O)C1CCS(=O)(=O)C1)C1CC2CCC(C1)N2. The van der Waals surface area contributed by atoms with E-state index >= 15 is 0 Å². The van der Waals surface area contributed by atoms with Gasteiger partial charge in [0.25, 0.3) is 0 Å². The number of piperidine rings is 1. The van der Waals surface area contributed by atoms with Gasteiger partial charge in [0, 0.05) is 25.2 Å². The molecule has 0 radical (unpaired) electrons. The molecule has 3 rings (SSSR count). The molecule has 3 saturated heterocycles. The van der Waals surface area contributed by atoms with Crippen LogP contribution in [-0.2, 0) is 14.6 Å². The summed E-state index contributed by atoms with van der Waals surface area (Å²) < 4.78 is 23.0. The van der Waals surface area contributed by atoms with E-state index in [9.17, 15) is 13.2 Å². The first kappa shape index (κ1) is 13.4. The fraction of sp³-hybridized carbons (Fsp3) is 0.923. The van der Waals surface area contributed by atoms with E-state index in [4.69, 9.17) is 0 Å². The number of hydrogen-bond donors (Lipinski definition) is 1. The molecular weight excluding hydrogens is 264 g/mol. The molecule has 2 bridgehead atoms. The van der Waals surface area contributed by atoms with Gasteiger partial charge in [0.2, 0.25) is 5.91 Å². The number of hydrogen-bond acceptors (Lipinski definition) is 4. The minimum Gasteiger partial charge on any atom is -0.342 e. The Morgan fingerprint density at radius 2 is 1.79 bits per heavy atom. The highest BCUT2D eigenvalue weighted by molar-refractivity contribution is 7.91. The molecule has 3 aliphatic heterocycles. The van der Waals surface area contributed by atoms with Crippen LogP contribution >= 0.6 is 0 Å². The fourth-order valence-corrected chi connectivity index (χ4v) is 5.53. The van der Waals surface area contributed by atoms with Crippen LogP contribution in [0.4, 0.5) is 0 Å². The molecule has 0 aromatic carbocycles. The topological polar surface area (TPSA) is 66.5 Å². The molecule has 0 aromatic heterocycles. The Hall–Kier alpha value is -0.620. The number of carbonyl (C=O) groups is 1. The van der Waals surface area contributed by atoms with Crippen molar-refractivity contribution in [2.75, 3.05) is 18.6 Å². The lowest BCUT2D eigenvalue weighted by Crippen LogP contribution is -2.50. The van der Waals surface area contributed by atoms with E-state index in [0.29, 0.717) is 18.5 Å². The van der Waals surface area contributed by atoms with E-state index in [1.807, 2.05) is 11.9 Å². The molecule has 0 aliphatic carbocycles. The third kappa shape index (κ3) is 2.65. The standard InChI is InChI=1S/C13H22N2O3S/c1-15(12-6-10-2-3-11(7-12)14-10)13(16)9-4-5-19(17,18)8-9/h9-12,14H,2-8H2,1H3. The number of fused-ring (bicyclic) bond motifs is 2. The van der Waals surface area contributed by atoms with Crippen molar-refractivity contribution in [1.29, 1.82) is 0 Å². The van der Waals surface area contributed by atoms with Gasteiger partial charge in [0.15, 0.2) is 9.84 Å². The summed E-state index contributed by atoms with van der Waals surface area (Å²) in [6.07, 6.45) is 4.95. The average Bonchev–Trinajstić information content (AvgIpc) is 2.90. The maximum absolute atomic E-state index is 12.4. The first-order chi connectivity index (χ1) is 8.94. The third-order valence-corrected chi connectivity index (χ3v) is 6.69. The second-order valence-corrected chi connectivity index (χ2v) is 8.54. The van der Waals surface area contributed by atoms with E-state index in [2.05, 4.69) is 5.32 Å². The maximum Gasteiger partial charge on any atom is 0.226 e. The quantitative estimate of drug-likeness (QED) is 0.785. The van der Waals surface area contributed by atoms with Crippen LogP contribution in [0.2, 0.25) is 0 Å². The predicted octanol–water partition coefficient (Wildman–Crippen LogP) is 0.163. The number of nitrogens with one attached hydrogen (secondary N) is 1. The first-order valence-corrected chi connectivity index (χ1v) is 9.00. The Kier molecular flexibility index (Phi) is 3.33. The van der Waals surface area contributed by atoms with E-state index < -0.39 is 9.84 Å². The molecule has 19 heavy (non-hydrogen) atoms. The zero-order valence-electron chi connectivity index (χ0n) is 11.3. The Labute approximate surface area is 114 Å². The van der Waals surface area contributed by atoms with Crippen molar-refractivity contribution in [3.05, 3.63) is 0 Å². The monoisotopic (exact) mass is 286 g/mol. The second-order valence-electron chi connectivity index (χ2n) is 6.31. The molecular formula is C13H22N2O3S. The van der Waals surface area contributed by atoms with E-state index in [-0.39, 0.29) is 29.4 Å². The summed E-state index contributed by atoms with van der Waals surface area (Å²) in [5, 5.41) is 3.56. The molecule has 3 aliphatic rings. The van der Waals surface area contributed by atoms with Crippen molar-refractivity contribution in [3.63, 3.8) is 0 Å². The van der Waals surface area contributed by atoms with Crippen LogP contribution in [0, 0.1) is 5.92 Å². The van der Waals surface area contributed by atoms with Crippen molar-refractivity contribution in [3.8, 4) is 0 Å². The van der Waals surface area contributed by atoms with Crippen LogP contribution in [0.15, 0.2) is 0 Å². The summed E-state index contributed by atoms with van der Waals surface area (Å²) in [4.78, 5) is 14.2. The molecule has 3 fully saturated rings. The van der Waals surface area contributed by atoms with Crippen molar-refractivity contribution in [2.45, 2.75) is 50.2 Å². The molecule has 0 saturated carbocycles. The van der Waals surface area contributed by atoms with Crippen molar-refractivity contribution < 1.29 is 13.2 Å². The lowest BCUT2D eigenvalue weighted by molar-refractivity contribution is -0.136. The summed E-state index contributed by atoms with van der Waals surface area (Å²) in [6.45, 7) is 0. The third-order valence-electron chi connectivity index (χ3n) is 4.93. The average molecular weight is 286 g/mol. The summed E-state index contributed by atoms with van der Waals surface area (Å²) in [5.74, 6) is -0.0437. The van der Waals surface area contributed by atoms with Gasteiger partial charge >= 0.3 is 0 Å². The second kappa shape index (κ2) is 4.74. The van der Waals surface area contributed by atoms with Crippen LogP contribution in [-0.4, -0.2) is 55.9 Å². The van der Waals surface area contributed by atoms with Crippen molar-refractivity contribution in [2.24, 2.45) is 5.92 Å². The summed E-state index contributed by atoms with van der Waals surface area (Å²) in [6, 6.07) is 1.38. The smallest absolute Gasteiger partial charge is 0.226 e. The summed E-state index contributed by atoms with van der Waals surface area (Å²) in [7, 11) is -1.12. The molecule has 1 N–H and O–H groups in total. The lowest BCUT2D eigenvalue weighted by atomic mass is 9.97. The van der Waals surface area contributed by atoms with Gasteiger partial charge in [-0.05, 0) is 32.1 Å². The van der Waals surface area contributed by atoms with Crippen LogP contribution in [0.1, 0.15) is 32.1 Å². The highest BCUT2D eigenvalue weighted by Gasteiger charge is 2.40. The van der Waals surface area contributed by atoms with Crippen molar-refractivity contribution >= 4 is 15.7 Å². The minimum atomic E-state index is -2.97. The van der Waals surface area contributed by atoms with E-state index in [1.165, 1.54) is 12.8 Å². The molecule has 0 aromatic rings. The Balaban J connectivity index is 1.64. The molecule has 3 heterocycles. The largest absolute Gasteiger partial charge is 0.342 e. The molecule has 5 nitrogen and oxygen atoms in total. The van der Waals surface area contributed by atoms with Crippen LogP contribution < -0.4 is 5.32 Å². The zero-order chi connectivity index (χ0) is 13.6. The van der Waals surface area contributed by atoms with E-state index in [0.717, 1.165) is 12.8 Å². The minimum absolute atomic E-state index is 0.0346. The molecule has 6 heteroatoms. The fourth-order valence-electron chi connectivity index (χ4n) is 3.80. The van der Waals surface area contributed by atoms with Gasteiger partial charge in [0.05, 0.1) is 17.4 Å². The lowest BCUT2D eigenvalue weighted by Gasteiger charge is -2.36. The molecule has 3 atom stereocenters. The number of rotatable bonds is 2. The number of sulfone groups is 1. The van der Waals surface area contributed by atoms with Gasteiger partial charge < -0.3 is 10.2 Å². The number of nitrogens with zero attached hydrogens (tertiary/aromatic N) is 1. The summed E-state index contributed by atoms with van der Waals surface area (Å²) in [5.41, 5.74) is 0. The molecule has 1 amide bonds. The van der Waals surface area contributed by atoms with Crippen LogP contribution in [0.3, 0.4) is 0 Å². The molecule has 3 unspecified atom stereocenters. The first-order valence-electron chi connectivity index (χ1n) is 7.18. The van der Waals surface area contributed by atoms with Crippen molar-refractivity contribution in [1.82, 2.24) is 10.2 Å². The number of amides is 1. The molecule has 108 valence electrons. The Morgan fingerprint density at radius 3 is 2.32 bits per heavy atom. The Morgan fingerprint density at radius 1 is 1.16 bits per heavy atom.